The van der Waals surface area contributed by atoms with Gasteiger partial charge in [0.15, 0.2) is 0 Å². The number of nitrogens with one attached hydrogen (secondary N) is 1. The maximum atomic E-state index is 12.6. The fraction of sp³-hybridized carbons (Fsp3) is 0.353. The molecule has 6 nitrogen and oxygen atoms in total. The molecule has 0 aliphatic carbocycles. The van der Waals surface area contributed by atoms with Gasteiger partial charge in [-0.1, -0.05) is 30.3 Å². The summed E-state index contributed by atoms with van der Waals surface area (Å²) in [6.07, 6.45) is 0. The summed E-state index contributed by atoms with van der Waals surface area (Å²) >= 11 is 0. The Morgan fingerprint density at radius 1 is 1.26 bits per heavy atom. The van der Waals surface area contributed by atoms with Gasteiger partial charge in [-0.2, -0.15) is 5.10 Å². The molecule has 1 aliphatic heterocycles. The van der Waals surface area contributed by atoms with Gasteiger partial charge in [-0.05, 0) is 19.9 Å². The summed E-state index contributed by atoms with van der Waals surface area (Å²) in [5, 5.41) is 7.31. The number of aromatic nitrogens is 2. The van der Waals surface area contributed by atoms with E-state index in [0.29, 0.717) is 18.8 Å². The number of rotatable bonds is 4. The number of nitrogens with zero attached hydrogens (tertiary/aromatic N) is 3. The zero-order valence-corrected chi connectivity index (χ0v) is 13.3. The van der Waals surface area contributed by atoms with Gasteiger partial charge in [-0.15, -0.1) is 0 Å². The quantitative estimate of drug-likeness (QED) is 0.931. The Balaban J connectivity index is 1.78. The molecule has 0 spiro atoms. The number of carbonyl (C=O) groups is 2. The summed E-state index contributed by atoms with van der Waals surface area (Å²) in [5.41, 5.74) is 2.29. The minimum atomic E-state index is -0.148. The molecule has 6 heteroatoms. The first-order valence-corrected chi connectivity index (χ1v) is 7.76. The van der Waals surface area contributed by atoms with E-state index in [4.69, 9.17) is 0 Å². The van der Waals surface area contributed by atoms with Crippen LogP contribution in [0.15, 0.2) is 36.4 Å². The molecule has 0 unspecified atom stereocenters. The maximum Gasteiger partial charge on any atom is 0.272 e. The third kappa shape index (κ3) is 3.26. The van der Waals surface area contributed by atoms with Crippen molar-refractivity contribution < 1.29 is 9.59 Å². The Labute approximate surface area is 135 Å². The van der Waals surface area contributed by atoms with Crippen LogP contribution in [0.1, 0.15) is 24.3 Å². The lowest BCUT2D eigenvalue weighted by molar-refractivity contribution is -0.122. The summed E-state index contributed by atoms with van der Waals surface area (Å²) < 4.78 is 1.72. The molecule has 23 heavy (non-hydrogen) atoms. The molecule has 120 valence electrons. The van der Waals surface area contributed by atoms with E-state index in [1.807, 2.05) is 44.2 Å². The second-order valence-corrected chi connectivity index (χ2v) is 5.95. The molecule has 0 radical (unpaired) electrons. The van der Waals surface area contributed by atoms with Gasteiger partial charge in [-0.25, -0.2) is 0 Å². The van der Waals surface area contributed by atoms with Gasteiger partial charge in [0.1, 0.15) is 5.69 Å². The zero-order valence-electron chi connectivity index (χ0n) is 13.3. The number of fused-ring (bicyclic) bond motifs is 1. The third-order valence-electron chi connectivity index (χ3n) is 3.72. The van der Waals surface area contributed by atoms with Crippen molar-refractivity contribution in [3.63, 3.8) is 0 Å². The van der Waals surface area contributed by atoms with E-state index in [1.54, 1.807) is 15.6 Å². The Bertz CT molecular complexity index is 721. The molecule has 0 fully saturated rings. The number of carbonyl (C=O) groups excluding carboxylic acids is 2. The van der Waals surface area contributed by atoms with E-state index >= 15 is 0 Å². The van der Waals surface area contributed by atoms with Crippen LogP contribution in [-0.2, 0) is 11.3 Å². The maximum absolute atomic E-state index is 12.6. The van der Waals surface area contributed by atoms with E-state index < -0.39 is 0 Å². The Morgan fingerprint density at radius 2 is 2.00 bits per heavy atom. The van der Waals surface area contributed by atoms with Crippen molar-refractivity contribution in [1.82, 2.24) is 20.0 Å². The molecular formula is C17H20N4O2. The fourth-order valence-electron chi connectivity index (χ4n) is 2.68. The van der Waals surface area contributed by atoms with Crippen molar-refractivity contribution in [2.45, 2.75) is 26.4 Å². The van der Waals surface area contributed by atoms with Crippen molar-refractivity contribution in [2.75, 3.05) is 13.1 Å². The Morgan fingerprint density at radius 3 is 2.70 bits per heavy atom. The first-order chi connectivity index (χ1) is 11.0. The molecule has 1 aliphatic rings. The Kier molecular flexibility index (Phi) is 4.14. The third-order valence-corrected chi connectivity index (χ3v) is 3.72. The van der Waals surface area contributed by atoms with E-state index in [9.17, 15) is 9.59 Å². The van der Waals surface area contributed by atoms with Crippen molar-refractivity contribution >= 4 is 11.8 Å². The molecule has 1 aromatic heterocycles. The predicted molar refractivity (Wildman–Crippen MR) is 86.8 cm³/mol. The normalized spacial score (nSPS) is 14.0. The van der Waals surface area contributed by atoms with Crippen LogP contribution in [0.4, 0.5) is 0 Å². The van der Waals surface area contributed by atoms with Crippen molar-refractivity contribution in [1.29, 1.82) is 0 Å². The van der Waals surface area contributed by atoms with Gasteiger partial charge in [0, 0.05) is 18.2 Å². The molecule has 2 amide bonds. The number of hydrogen-bond donors (Lipinski definition) is 1. The summed E-state index contributed by atoms with van der Waals surface area (Å²) in [4.78, 5) is 26.0. The monoisotopic (exact) mass is 312 g/mol. The molecule has 0 bridgehead atoms. The van der Waals surface area contributed by atoms with E-state index in [1.165, 1.54) is 0 Å². The highest BCUT2D eigenvalue weighted by Gasteiger charge is 2.28. The van der Waals surface area contributed by atoms with Crippen LogP contribution >= 0.6 is 0 Å². The van der Waals surface area contributed by atoms with Crippen molar-refractivity contribution in [3.05, 3.63) is 42.1 Å². The van der Waals surface area contributed by atoms with Crippen molar-refractivity contribution in [2.24, 2.45) is 0 Å². The standard InChI is InChI=1S/C17H20N4O2/c1-12(2)18-16(22)11-20-8-9-21-15(17(20)23)10-14(19-21)13-6-4-3-5-7-13/h3-7,10,12H,8-9,11H2,1-2H3,(H,18,22). The van der Waals surface area contributed by atoms with Crippen LogP contribution in [-0.4, -0.2) is 45.6 Å². The minimum Gasteiger partial charge on any atom is -0.352 e. The SMILES string of the molecule is CC(C)NC(=O)CN1CCn2nc(-c3ccccc3)cc2C1=O. The molecule has 0 saturated heterocycles. The average Bonchev–Trinajstić information content (AvgIpc) is 2.95. The predicted octanol–water partition coefficient (Wildman–Crippen LogP) is 1.53. The summed E-state index contributed by atoms with van der Waals surface area (Å²) in [5.74, 6) is -0.283. The molecule has 0 atom stereocenters. The minimum absolute atomic E-state index is 0.0672. The summed E-state index contributed by atoms with van der Waals surface area (Å²) in [6, 6.07) is 11.6. The highest BCUT2D eigenvalue weighted by atomic mass is 16.2. The van der Waals surface area contributed by atoms with Crippen LogP contribution in [0.5, 0.6) is 0 Å². The number of benzene rings is 1. The van der Waals surface area contributed by atoms with Crippen LogP contribution in [0.3, 0.4) is 0 Å². The highest BCUT2D eigenvalue weighted by Crippen LogP contribution is 2.21. The summed E-state index contributed by atoms with van der Waals surface area (Å²) in [7, 11) is 0. The van der Waals surface area contributed by atoms with Gasteiger partial charge >= 0.3 is 0 Å². The largest absolute Gasteiger partial charge is 0.352 e. The highest BCUT2D eigenvalue weighted by molar-refractivity contribution is 5.96. The van der Waals surface area contributed by atoms with Crippen LogP contribution < -0.4 is 5.32 Å². The first-order valence-electron chi connectivity index (χ1n) is 7.76. The summed E-state index contributed by atoms with van der Waals surface area (Å²) in [6.45, 7) is 4.98. The molecule has 2 aromatic rings. The average molecular weight is 312 g/mol. The number of amides is 2. The molecule has 1 aromatic carbocycles. The van der Waals surface area contributed by atoms with E-state index in [2.05, 4.69) is 10.4 Å². The lowest BCUT2D eigenvalue weighted by atomic mass is 10.1. The first kappa shape index (κ1) is 15.3. The second kappa shape index (κ2) is 6.24. The van der Waals surface area contributed by atoms with Crippen molar-refractivity contribution in [3.8, 4) is 11.3 Å². The van der Waals surface area contributed by atoms with Gasteiger partial charge in [-0.3, -0.25) is 14.3 Å². The molecule has 2 heterocycles. The lowest BCUT2D eigenvalue weighted by Gasteiger charge is -2.27. The number of hydrogen-bond acceptors (Lipinski definition) is 3. The van der Waals surface area contributed by atoms with Gasteiger partial charge < -0.3 is 10.2 Å². The topological polar surface area (TPSA) is 67.2 Å². The second-order valence-electron chi connectivity index (χ2n) is 5.95. The van der Waals surface area contributed by atoms with Crippen LogP contribution in [0.2, 0.25) is 0 Å². The van der Waals surface area contributed by atoms with E-state index in [-0.39, 0.29) is 24.4 Å². The van der Waals surface area contributed by atoms with Gasteiger partial charge in [0.25, 0.3) is 5.91 Å². The molecule has 0 saturated carbocycles. The van der Waals surface area contributed by atoms with E-state index in [0.717, 1.165) is 11.3 Å². The zero-order chi connectivity index (χ0) is 16.4. The molecular weight excluding hydrogens is 292 g/mol. The van der Waals surface area contributed by atoms with Gasteiger partial charge in [0.2, 0.25) is 5.91 Å². The Hall–Kier alpha value is -2.63. The van der Waals surface area contributed by atoms with Crippen LogP contribution in [0, 0.1) is 0 Å². The van der Waals surface area contributed by atoms with Gasteiger partial charge in [0.05, 0.1) is 18.8 Å². The smallest absolute Gasteiger partial charge is 0.272 e. The molecule has 3 rings (SSSR count). The lowest BCUT2D eigenvalue weighted by Crippen LogP contribution is -2.46. The van der Waals surface area contributed by atoms with Crippen LogP contribution in [0.25, 0.3) is 11.3 Å². The molecule has 1 N–H and O–H groups in total. The fourth-order valence-corrected chi connectivity index (χ4v) is 2.68.